The lowest BCUT2D eigenvalue weighted by Gasteiger charge is -1.90. The van der Waals surface area contributed by atoms with E-state index in [0.29, 0.717) is 0 Å². The van der Waals surface area contributed by atoms with Crippen LogP contribution in [0.3, 0.4) is 0 Å². The zero-order valence-electron chi connectivity index (χ0n) is 6.63. The normalized spacial score (nSPS) is 10.8. The lowest BCUT2D eigenvalue weighted by molar-refractivity contribution is 0.629. The van der Waals surface area contributed by atoms with Crippen molar-refractivity contribution in [3.05, 3.63) is 36.1 Å². The summed E-state index contributed by atoms with van der Waals surface area (Å²) in [6.45, 7) is 1.90. The molecule has 0 aliphatic heterocycles. The second-order valence-electron chi connectivity index (χ2n) is 2.59. The molecule has 2 nitrogen and oxygen atoms in total. The summed E-state index contributed by atoms with van der Waals surface area (Å²) in [6, 6.07) is 4.60. The first-order valence-electron chi connectivity index (χ1n) is 3.74. The smallest absolute Gasteiger partial charge is 0.125 e. The molecule has 1 radical (unpaired) electrons. The Hall–Kier alpha value is -1.38. The fourth-order valence-electron chi connectivity index (χ4n) is 1.23. The average Bonchev–Trinajstić information content (AvgIpc) is 2.46. The highest BCUT2D eigenvalue weighted by Crippen LogP contribution is 2.17. The summed E-state index contributed by atoms with van der Waals surface area (Å²) in [7, 11) is 0. The lowest BCUT2D eigenvalue weighted by atomic mass is 10.2. The third kappa shape index (κ3) is 0.978. The molecule has 61 valence electrons. The molecule has 1 aromatic carbocycles. The molecule has 0 aliphatic carbocycles. The molecular formula is C9H8FN2. The highest BCUT2D eigenvalue weighted by atomic mass is 19.1. The molecule has 2 aromatic rings. The van der Waals surface area contributed by atoms with Gasteiger partial charge in [-0.3, -0.25) is 5.10 Å². The van der Waals surface area contributed by atoms with Crippen molar-refractivity contribution in [3.8, 4) is 0 Å². The summed E-state index contributed by atoms with van der Waals surface area (Å²) in [5, 5.41) is 7.72. The number of benzene rings is 1. The van der Waals surface area contributed by atoms with Crippen LogP contribution in [0.1, 0.15) is 12.6 Å². The van der Waals surface area contributed by atoms with Crippen LogP contribution >= 0.6 is 0 Å². The summed E-state index contributed by atoms with van der Waals surface area (Å²) in [6.07, 6.45) is 1.89. The summed E-state index contributed by atoms with van der Waals surface area (Å²) in [5.74, 6) is -0.242. The van der Waals surface area contributed by atoms with E-state index < -0.39 is 0 Å². The number of nitrogens with zero attached hydrogens (tertiary/aromatic N) is 1. The zero-order chi connectivity index (χ0) is 8.55. The first kappa shape index (κ1) is 7.28. The molecule has 0 fully saturated rings. The van der Waals surface area contributed by atoms with Crippen LogP contribution in [0, 0.1) is 12.2 Å². The van der Waals surface area contributed by atoms with E-state index in [1.165, 1.54) is 12.1 Å². The number of hydrogen-bond donors (Lipinski definition) is 1. The SMILES string of the molecule is C[CH]c1n[nH]c2cc(F)ccc12. The minimum atomic E-state index is -0.242. The van der Waals surface area contributed by atoms with Crippen LogP contribution in [-0.4, -0.2) is 10.2 Å². The van der Waals surface area contributed by atoms with Crippen molar-refractivity contribution < 1.29 is 4.39 Å². The van der Waals surface area contributed by atoms with Crippen LogP contribution in [0.2, 0.25) is 0 Å². The predicted octanol–water partition coefficient (Wildman–Crippen LogP) is 2.27. The summed E-state index contributed by atoms with van der Waals surface area (Å²) < 4.78 is 12.7. The van der Waals surface area contributed by atoms with E-state index in [0.717, 1.165) is 16.6 Å². The molecule has 0 unspecified atom stereocenters. The number of aromatic amines is 1. The van der Waals surface area contributed by atoms with Crippen LogP contribution < -0.4 is 0 Å². The zero-order valence-corrected chi connectivity index (χ0v) is 6.63. The number of halogens is 1. The molecule has 12 heavy (non-hydrogen) atoms. The van der Waals surface area contributed by atoms with E-state index in [-0.39, 0.29) is 5.82 Å². The Balaban J connectivity index is 2.73. The minimum absolute atomic E-state index is 0.242. The number of fused-ring (bicyclic) bond motifs is 1. The highest BCUT2D eigenvalue weighted by Gasteiger charge is 2.03. The van der Waals surface area contributed by atoms with Crippen LogP contribution in [-0.2, 0) is 0 Å². The fraction of sp³-hybridized carbons (Fsp3) is 0.111. The number of hydrogen-bond acceptors (Lipinski definition) is 1. The third-order valence-electron chi connectivity index (χ3n) is 1.83. The molecule has 1 N–H and O–H groups in total. The van der Waals surface area contributed by atoms with Crippen molar-refractivity contribution in [2.75, 3.05) is 0 Å². The van der Waals surface area contributed by atoms with Gasteiger partial charge >= 0.3 is 0 Å². The van der Waals surface area contributed by atoms with Crippen LogP contribution in [0.5, 0.6) is 0 Å². The van der Waals surface area contributed by atoms with Crippen LogP contribution in [0.25, 0.3) is 10.9 Å². The Bertz CT molecular complexity index is 406. The molecule has 0 bridgehead atoms. The van der Waals surface area contributed by atoms with Crippen molar-refractivity contribution >= 4 is 10.9 Å². The monoisotopic (exact) mass is 163 g/mol. The molecule has 0 saturated heterocycles. The second-order valence-corrected chi connectivity index (χ2v) is 2.59. The van der Waals surface area contributed by atoms with Gasteiger partial charge in [-0.1, -0.05) is 6.92 Å². The highest BCUT2D eigenvalue weighted by molar-refractivity contribution is 5.82. The largest absolute Gasteiger partial charge is 0.277 e. The van der Waals surface area contributed by atoms with Crippen molar-refractivity contribution in [3.63, 3.8) is 0 Å². The maximum absolute atomic E-state index is 12.7. The number of H-pyrrole nitrogens is 1. The van der Waals surface area contributed by atoms with E-state index in [1.54, 1.807) is 6.07 Å². The van der Waals surface area contributed by atoms with Gasteiger partial charge in [-0.2, -0.15) is 5.10 Å². The number of nitrogens with one attached hydrogen (secondary N) is 1. The second kappa shape index (κ2) is 2.59. The van der Waals surface area contributed by atoms with Gasteiger partial charge in [-0.25, -0.2) is 4.39 Å². The summed E-state index contributed by atoms with van der Waals surface area (Å²) >= 11 is 0. The Labute approximate surface area is 69.4 Å². The quantitative estimate of drug-likeness (QED) is 0.686. The lowest BCUT2D eigenvalue weighted by Crippen LogP contribution is -1.76. The van der Waals surface area contributed by atoms with Gasteiger partial charge in [0.2, 0.25) is 0 Å². The molecule has 1 heterocycles. The number of rotatable bonds is 1. The maximum atomic E-state index is 12.7. The maximum Gasteiger partial charge on any atom is 0.125 e. The van der Waals surface area contributed by atoms with E-state index in [1.807, 2.05) is 13.3 Å². The van der Waals surface area contributed by atoms with Gasteiger partial charge in [0.1, 0.15) is 5.82 Å². The van der Waals surface area contributed by atoms with Crippen molar-refractivity contribution in [1.29, 1.82) is 0 Å². The van der Waals surface area contributed by atoms with E-state index in [9.17, 15) is 4.39 Å². The standard InChI is InChI=1S/C9H8FN2/c1-2-8-7-4-3-6(10)5-9(7)12-11-8/h2-5H,1H3,(H,11,12). The van der Waals surface area contributed by atoms with Gasteiger partial charge in [0, 0.05) is 11.8 Å². The Morgan fingerprint density at radius 3 is 3.08 bits per heavy atom. The first-order chi connectivity index (χ1) is 5.81. The summed E-state index contributed by atoms with van der Waals surface area (Å²) in [5.41, 5.74) is 1.60. The Morgan fingerprint density at radius 1 is 1.50 bits per heavy atom. The molecule has 0 saturated carbocycles. The van der Waals surface area contributed by atoms with E-state index in [2.05, 4.69) is 10.2 Å². The van der Waals surface area contributed by atoms with Crippen molar-refractivity contribution in [2.45, 2.75) is 6.92 Å². The molecule has 0 atom stereocenters. The average molecular weight is 163 g/mol. The molecule has 0 amide bonds. The van der Waals surface area contributed by atoms with E-state index in [4.69, 9.17) is 0 Å². The topological polar surface area (TPSA) is 28.7 Å². The molecule has 3 heteroatoms. The number of aromatic nitrogens is 2. The molecule has 2 rings (SSSR count). The fourth-order valence-corrected chi connectivity index (χ4v) is 1.23. The van der Waals surface area contributed by atoms with Crippen molar-refractivity contribution in [2.24, 2.45) is 0 Å². The van der Waals surface area contributed by atoms with Gasteiger partial charge in [-0.15, -0.1) is 0 Å². The van der Waals surface area contributed by atoms with E-state index >= 15 is 0 Å². The van der Waals surface area contributed by atoms with Gasteiger partial charge < -0.3 is 0 Å². The predicted molar refractivity (Wildman–Crippen MR) is 45.1 cm³/mol. The third-order valence-corrected chi connectivity index (χ3v) is 1.83. The van der Waals surface area contributed by atoms with Crippen molar-refractivity contribution in [1.82, 2.24) is 10.2 Å². The Morgan fingerprint density at radius 2 is 2.33 bits per heavy atom. The molecule has 1 aromatic heterocycles. The first-order valence-corrected chi connectivity index (χ1v) is 3.74. The van der Waals surface area contributed by atoms with Gasteiger partial charge in [0.15, 0.2) is 0 Å². The molecular weight excluding hydrogens is 155 g/mol. The molecule has 0 aliphatic rings. The van der Waals surface area contributed by atoms with Gasteiger partial charge in [0.25, 0.3) is 0 Å². The molecule has 0 spiro atoms. The minimum Gasteiger partial charge on any atom is -0.277 e. The van der Waals surface area contributed by atoms with Crippen LogP contribution in [0.4, 0.5) is 4.39 Å². The van der Waals surface area contributed by atoms with Gasteiger partial charge in [0.05, 0.1) is 11.2 Å². The summed E-state index contributed by atoms with van der Waals surface area (Å²) in [4.78, 5) is 0. The van der Waals surface area contributed by atoms with Crippen LogP contribution in [0.15, 0.2) is 18.2 Å². The Kier molecular flexibility index (Phi) is 1.57. The van der Waals surface area contributed by atoms with Gasteiger partial charge in [-0.05, 0) is 18.2 Å².